The van der Waals surface area contributed by atoms with Gasteiger partial charge < -0.3 is 15.3 Å². The zero-order chi connectivity index (χ0) is 11.5. The second-order valence-electron chi connectivity index (χ2n) is 4.23. The number of unbranched alkanes of at least 4 members (excludes halogenated alkanes) is 6. The van der Waals surface area contributed by atoms with Crippen LogP contribution in [0.2, 0.25) is 0 Å². The van der Waals surface area contributed by atoms with Crippen LogP contribution in [0.3, 0.4) is 0 Å². The highest BCUT2D eigenvalue weighted by atomic mass is 16.4. The molecule has 0 fully saturated rings. The second kappa shape index (κ2) is 10.4. The topological polar surface area (TPSA) is 60.7 Å². The monoisotopic (exact) mass is 218 g/mol. The van der Waals surface area contributed by atoms with E-state index >= 15 is 0 Å². The maximum Gasteiger partial charge on any atom is 0.103 e. The molecule has 0 aliphatic heterocycles. The number of rotatable bonds is 10. The third-order valence-electron chi connectivity index (χ3n) is 2.73. The molecule has 0 spiro atoms. The Balaban J connectivity index is 3.16. The molecule has 3 heteroatoms. The number of aliphatic hydroxyl groups excluding tert-OH is 3. The van der Waals surface area contributed by atoms with Crippen LogP contribution < -0.4 is 0 Å². The van der Waals surface area contributed by atoms with E-state index in [9.17, 15) is 5.11 Å². The quantitative estimate of drug-likeness (QED) is 0.490. The zero-order valence-electron chi connectivity index (χ0n) is 9.86. The van der Waals surface area contributed by atoms with E-state index in [2.05, 4.69) is 6.92 Å². The van der Waals surface area contributed by atoms with Crippen molar-refractivity contribution >= 4 is 0 Å². The second-order valence-corrected chi connectivity index (χ2v) is 4.23. The van der Waals surface area contributed by atoms with Gasteiger partial charge in [0.05, 0.1) is 12.7 Å². The molecule has 0 aliphatic rings. The molecule has 3 N–H and O–H groups in total. The molecule has 3 nitrogen and oxygen atoms in total. The first-order chi connectivity index (χ1) is 7.22. The van der Waals surface area contributed by atoms with Crippen molar-refractivity contribution in [2.24, 2.45) is 0 Å². The molecule has 0 aliphatic carbocycles. The summed E-state index contributed by atoms with van der Waals surface area (Å²) in [6.07, 6.45) is 7.27. The van der Waals surface area contributed by atoms with Crippen LogP contribution in [0, 0.1) is 0 Å². The van der Waals surface area contributed by atoms with E-state index in [1.807, 2.05) is 0 Å². The van der Waals surface area contributed by atoms with E-state index in [1.54, 1.807) is 0 Å². The van der Waals surface area contributed by atoms with Crippen molar-refractivity contribution in [3.63, 3.8) is 0 Å². The van der Waals surface area contributed by atoms with Crippen LogP contribution in [0.4, 0.5) is 0 Å². The van der Waals surface area contributed by atoms with E-state index in [0.29, 0.717) is 6.42 Å². The van der Waals surface area contributed by atoms with Crippen LogP contribution >= 0.6 is 0 Å². The summed E-state index contributed by atoms with van der Waals surface area (Å²) in [6.45, 7) is 1.85. The smallest absolute Gasteiger partial charge is 0.103 e. The van der Waals surface area contributed by atoms with Gasteiger partial charge in [0.1, 0.15) is 6.10 Å². The van der Waals surface area contributed by atoms with Crippen molar-refractivity contribution in [1.29, 1.82) is 0 Å². The molecule has 2 atom stereocenters. The lowest BCUT2D eigenvalue weighted by atomic mass is 10.0. The maximum atomic E-state index is 9.35. The average Bonchev–Trinajstić information content (AvgIpc) is 2.26. The Morgan fingerprint density at radius 1 is 0.800 bits per heavy atom. The lowest BCUT2D eigenvalue weighted by Crippen LogP contribution is -2.28. The summed E-state index contributed by atoms with van der Waals surface area (Å²) < 4.78 is 0. The van der Waals surface area contributed by atoms with Crippen LogP contribution in [-0.4, -0.2) is 34.1 Å². The molecule has 0 aromatic heterocycles. The maximum absolute atomic E-state index is 9.35. The third kappa shape index (κ3) is 8.85. The largest absolute Gasteiger partial charge is 0.394 e. The Labute approximate surface area is 93.1 Å². The number of hydrogen-bond donors (Lipinski definition) is 3. The van der Waals surface area contributed by atoms with Crippen molar-refractivity contribution in [2.45, 2.75) is 70.5 Å². The normalized spacial score (nSPS) is 15.2. The van der Waals surface area contributed by atoms with E-state index in [1.165, 1.54) is 32.1 Å². The summed E-state index contributed by atoms with van der Waals surface area (Å²) in [7, 11) is 0. The Kier molecular flexibility index (Phi) is 10.3. The van der Waals surface area contributed by atoms with Crippen LogP contribution in [0.5, 0.6) is 0 Å². The molecule has 0 aromatic rings. The van der Waals surface area contributed by atoms with Gasteiger partial charge in [-0.2, -0.15) is 0 Å². The van der Waals surface area contributed by atoms with Crippen LogP contribution in [0.25, 0.3) is 0 Å². The van der Waals surface area contributed by atoms with Gasteiger partial charge in [-0.3, -0.25) is 0 Å². The fourth-order valence-electron chi connectivity index (χ4n) is 1.62. The molecule has 92 valence electrons. The highest BCUT2D eigenvalue weighted by Crippen LogP contribution is 2.10. The van der Waals surface area contributed by atoms with Crippen molar-refractivity contribution in [3.8, 4) is 0 Å². The SMILES string of the molecule is CCCCCCCCC[C@H](O)[C@@H](O)CO. The summed E-state index contributed by atoms with van der Waals surface area (Å²) in [4.78, 5) is 0. The Morgan fingerprint density at radius 3 is 1.87 bits per heavy atom. The molecular formula is C12H26O3. The zero-order valence-corrected chi connectivity index (χ0v) is 9.86. The lowest BCUT2D eigenvalue weighted by molar-refractivity contribution is -0.0185. The first-order valence-corrected chi connectivity index (χ1v) is 6.19. The van der Waals surface area contributed by atoms with Crippen LogP contribution in [0.1, 0.15) is 58.3 Å². The average molecular weight is 218 g/mol. The Bertz CT molecular complexity index is 128. The first kappa shape index (κ1) is 14.9. The molecule has 0 saturated carbocycles. The third-order valence-corrected chi connectivity index (χ3v) is 2.73. The Morgan fingerprint density at radius 2 is 1.33 bits per heavy atom. The molecule has 0 unspecified atom stereocenters. The summed E-state index contributed by atoms with van der Waals surface area (Å²) in [5, 5.41) is 27.0. The first-order valence-electron chi connectivity index (χ1n) is 6.19. The number of aliphatic hydroxyl groups is 3. The van der Waals surface area contributed by atoms with E-state index < -0.39 is 12.2 Å². The van der Waals surface area contributed by atoms with Gasteiger partial charge in [0, 0.05) is 0 Å². The molecule has 0 bridgehead atoms. The van der Waals surface area contributed by atoms with Gasteiger partial charge in [0.15, 0.2) is 0 Å². The van der Waals surface area contributed by atoms with Gasteiger partial charge in [-0.25, -0.2) is 0 Å². The molecule has 0 rings (SSSR count). The van der Waals surface area contributed by atoms with Crippen molar-refractivity contribution in [3.05, 3.63) is 0 Å². The molecule has 0 radical (unpaired) electrons. The summed E-state index contributed by atoms with van der Waals surface area (Å²) in [5.41, 5.74) is 0. The van der Waals surface area contributed by atoms with Gasteiger partial charge in [0.2, 0.25) is 0 Å². The van der Waals surface area contributed by atoms with Gasteiger partial charge in [0.25, 0.3) is 0 Å². The minimum absolute atomic E-state index is 0.350. The van der Waals surface area contributed by atoms with Crippen molar-refractivity contribution < 1.29 is 15.3 Å². The van der Waals surface area contributed by atoms with Crippen molar-refractivity contribution in [1.82, 2.24) is 0 Å². The predicted molar refractivity (Wildman–Crippen MR) is 61.7 cm³/mol. The predicted octanol–water partition coefficient (Wildman–Crippen LogP) is 1.84. The van der Waals surface area contributed by atoms with Gasteiger partial charge in [-0.1, -0.05) is 51.9 Å². The minimum Gasteiger partial charge on any atom is -0.394 e. The highest BCUT2D eigenvalue weighted by Gasteiger charge is 2.13. The van der Waals surface area contributed by atoms with Crippen LogP contribution in [-0.2, 0) is 0 Å². The molecule has 0 heterocycles. The molecule has 0 saturated heterocycles. The van der Waals surface area contributed by atoms with E-state index in [0.717, 1.165) is 12.8 Å². The standard InChI is InChI=1S/C12H26O3/c1-2-3-4-5-6-7-8-9-11(14)12(15)10-13/h11-15H,2-10H2,1H3/t11-,12-/m0/s1. The number of hydrogen-bond acceptors (Lipinski definition) is 3. The van der Waals surface area contributed by atoms with Gasteiger partial charge in [-0.15, -0.1) is 0 Å². The van der Waals surface area contributed by atoms with Gasteiger partial charge in [-0.05, 0) is 6.42 Å². The molecule has 15 heavy (non-hydrogen) atoms. The summed E-state index contributed by atoms with van der Waals surface area (Å²) >= 11 is 0. The van der Waals surface area contributed by atoms with E-state index in [4.69, 9.17) is 10.2 Å². The molecular weight excluding hydrogens is 192 g/mol. The van der Waals surface area contributed by atoms with Gasteiger partial charge >= 0.3 is 0 Å². The highest BCUT2D eigenvalue weighted by molar-refractivity contribution is 4.65. The van der Waals surface area contributed by atoms with E-state index in [-0.39, 0.29) is 6.61 Å². The fraction of sp³-hybridized carbons (Fsp3) is 1.00. The minimum atomic E-state index is -0.968. The summed E-state index contributed by atoms with van der Waals surface area (Å²) in [6, 6.07) is 0. The lowest BCUT2D eigenvalue weighted by Gasteiger charge is -2.14. The van der Waals surface area contributed by atoms with Crippen LogP contribution in [0.15, 0.2) is 0 Å². The fourth-order valence-corrected chi connectivity index (χ4v) is 1.62. The molecule has 0 amide bonds. The Hall–Kier alpha value is -0.120. The summed E-state index contributed by atoms with van der Waals surface area (Å²) in [5.74, 6) is 0. The molecule has 0 aromatic carbocycles. The van der Waals surface area contributed by atoms with Crippen molar-refractivity contribution in [2.75, 3.05) is 6.61 Å².